The van der Waals surface area contributed by atoms with Gasteiger partial charge in [-0.15, -0.1) is 0 Å². The number of nitrogens with zero attached hydrogens (tertiary/aromatic N) is 1. The Morgan fingerprint density at radius 3 is 3.20 bits per heavy atom. The summed E-state index contributed by atoms with van der Waals surface area (Å²) in [5.41, 5.74) is 0. The molecule has 112 valence electrons. The Balaban J connectivity index is 1.66. The molecule has 1 unspecified atom stereocenters. The van der Waals surface area contributed by atoms with E-state index < -0.39 is 0 Å². The molecule has 2 heterocycles. The summed E-state index contributed by atoms with van der Waals surface area (Å²) in [6, 6.07) is 3.63. The number of hydrogen-bond donors (Lipinski definition) is 2. The number of amides is 1. The zero-order valence-electron chi connectivity index (χ0n) is 11.6. The summed E-state index contributed by atoms with van der Waals surface area (Å²) in [6.07, 6.45) is 2.03. The van der Waals surface area contributed by atoms with Gasteiger partial charge in [0, 0.05) is 38.6 Å². The van der Waals surface area contributed by atoms with Crippen LogP contribution >= 0.6 is 0 Å². The molecule has 1 aliphatic rings. The molecule has 20 heavy (non-hydrogen) atoms. The molecule has 2 N–H and O–H groups in total. The molecule has 6 heteroatoms. The van der Waals surface area contributed by atoms with Gasteiger partial charge in [0.15, 0.2) is 0 Å². The predicted octanol–water partition coefficient (Wildman–Crippen LogP) is 0.227. The lowest BCUT2D eigenvalue weighted by molar-refractivity contribution is -0.121. The molecular weight excluding hydrogens is 260 g/mol. The summed E-state index contributed by atoms with van der Waals surface area (Å²) in [5, 5.41) is 12.0. The molecule has 0 saturated carbocycles. The van der Waals surface area contributed by atoms with Crippen molar-refractivity contribution in [3.63, 3.8) is 0 Å². The number of ether oxygens (including phenoxy) is 1. The fourth-order valence-electron chi connectivity index (χ4n) is 2.21. The van der Waals surface area contributed by atoms with Crippen LogP contribution in [0.15, 0.2) is 22.8 Å². The molecule has 1 fully saturated rings. The van der Waals surface area contributed by atoms with Crippen molar-refractivity contribution in [3.05, 3.63) is 24.2 Å². The van der Waals surface area contributed by atoms with Crippen molar-refractivity contribution in [2.75, 3.05) is 39.5 Å². The number of aliphatic hydroxyl groups excluding tert-OH is 1. The molecule has 0 aliphatic carbocycles. The van der Waals surface area contributed by atoms with Crippen LogP contribution in [0.5, 0.6) is 0 Å². The standard InChI is InChI=1S/C14H22N2O4/c17-10-12-9-16(5-7-19-11-12)4-3-14(18)15-8-13-2-1-6-20-13/h1-2,6,12,17H,3-5,7-11H2,(H,15,18). The first-order valence-electron chi connectivity index (χ1n) is 6.98. The Bertz CT molecular complexity index is 394. The summed E-state index contributed by atoms with van der Waals surface area (Å²) in [6.45, 7) is 4.07. The highest BCUT2D eigenvalue weighted by molar-refractivity contribution is 5.75. The molecule has 1 aromatic rings. The summed E-state index contributed by atoms with van der Waals surface area (Å²) in [7, 11) is 0. The molecule has 1 aromatic heterocycles. The van der Waals surface area contributed by atoms with Gasteiger partial charge in [0.25, 0.3) is 0 Å². The van der Waals surface area contributed by atoms with Crippen molar-refractivity contribution in [1.29, 1.82) is 0 Å². The minimum Gasteiger partial charge on any atom is -0.467 e. The lowest BCUT2D eigenvalue weighted by Gasteiger charge is -2.21. The highest BCUT2D eigenvalue weighted by atomic mass is 16.5. The van der Waals surface area contributed by atoms with Gasteiger partial charge < -0.3 is 24.5 Å². The fraction of sp³-hybridized carbons (Fsp3) is 0.643. The van der Waals surface area contributed by atoms with Gasteiger partial charge in [0.05, 0.1) is 26.0 Å². The van der Waals surface area contributed by atoms with E-state index in [0.29, 0.717) is 32.7 Å². The van der Waals surface area contributed by atoms with Gasteiger partial charge in [0.1, 0.15) is 5.76 Å². The zero-order chi connectivity index (χ0) is 14.2. The molecule has 1 aliphatic heterocycles. The molecule has 0 bridgehead atoms. The van der Waals surface area contributed by atoms with Crippen molar-refractivity contribution in [3.8, 4) is 0 Å². The largest absolute Gasteiger partial charge is 0.467 e. The summed E-state index contributed by atoms with van der Waals surface area (Å²) >= 11 is 0. The fourth-order valence-corrected chi connectivity index (χ4v) is 2.21. The maximum atomic E-state index is 11.8. The van der Waals surface area contributed by atoms with Crippen LogP contribution in [0.25, 0.3) is 0 Å². The van der Waals surface area contributed by atoms with Crippen LogP contribution in [0, 0.1) is 5.92 Å². The quantitative estimate of drug-likeness (QED) is 0.781. The second-order valence-corrected chi connectivity index (χ2v) is 5.03. The summed E-state index contributed by atoms with van der Waals surface area (Å²) in [5.74, 6) is 0.901. The average Bonchev–Trinajstić information content (AvgIpc) is 2.87. The summed E-state index contributed by atoms with van der Waals surface area (Å²) in [4.78, 5) is 13.9. The number of carbonyl (C=O) groups excluding carboxylic acids is 1. The van der Waals surface area contributed by atoms with Crippen molar-refractivity contribution in [2.24, 2.45) is 5.92 Å². The van der Waals surface area contributed by atoms with E-state index in [-0.39, 0.29) is 18.4 Å². The SMILES string of the molecule is O=C(CCN1CCOCC(CO)C1)NCc1ccco1. The molecule has 1 amide bonds. The smallest absolute Gasteiger partial charge is 0.221 e. The van der Waals surface area contributed by atoms with Crippen molar-refractivity contribution in [1.82, 2.24) is 10.2 Å². The maximum absolute atomic E-state index is 11.8. The topological polar surface area (TPSA) is 74.9 Å². The van der Waals surface area contributed by atoms with E-state index in [4.69, 9.17) is 9.15 Å². The highest BCUT2D eigenvalue weighted by Crippen LogP contribution is 2.07. The summed E-state index contributed by atoms with van der Waals surface area (Å²) < 4.78 is 10.6. The minimum absolute atomic E-state index is 0.00659. The van der Waals surface area contributed by atoms with Gasteiger partial charge in [-0.25, -0.2) is 0 Å². The molecule has 2 rings (SSSR count). The zero-order valence-corrected chi connectivity index (χ0v) is 11.6. The maximum Gasteiger partial charge on any atom is 0.221 e. The van der Waals surface area contributed by atoms with E-state index in [0.717, 1.165) is 18.8 Å². The van der Waals surface area contributed by atoms with Gasteiger partial charge in [-0.1, -0.05) is 0 Å². The molecule has 0 aromatic carbocycles. The third-order valence-corrected chi connectivity index (χ3v) is 3.37. The van der Waals surface area contributed by atoms with E-state index in [1.54, 1.807) is 12.3 Å². The van der Waals surface area contributed by atoms with E-state index >= 15 is 0 Å². The molecule has 0 spiro atoms. The van der Waals surface area contributed by atoms with Crippen LogP contribution in [0.4, 0.5) is 0 Å². The number of hydrogen-bond acceptors (Lipinski definition) is 5. The number of aliphatic hydroxyl groups is 1. The molecule has 0 radical (unpaired) electrons. The first-order valence-corrected chi connectivity index (χ1v) is 6.98. The molecule has 1 saturated heterocycles. The van der Waals surface area contributed by atoms with Crippen LogP contribution < -0.4 is 5.32 Å². The van der Waals surface area contributed by atoms with Crippen LogP contribution in [0.3, 0.4) is 0 Å². The Kier molecular flexibility index (Phi) is 6.04. The van der Waals surface area contributed by atoms with Gasteiger partial charge in [-0.05, 0) is 12.1 Å². The first kappa shape index (κ1) is 15.0. The van der Waals surface area contributed by atoms with E-state index in [9.17, 15) is 9.90 Å². The van der Waals surface area contributed by atoms with Gasteiger partial charge in [-0.2, -0.15) is 0 Å². The van der Waals surface area contributed by atoms with Crippen LogP contribution in [-0.2, 0) is 16.1 Å². The Hall–Kier alpha value is -1.37. The van der Waals surface area contributed by atoms with Crippen molar-refractivity contribution >= 4 is 5.91 Å². The van der Waals surface area contributed by atoms with Crippen LogP contribution in [0.2, 0.25) is 0 Å². The van der Waals surface area contributed by atoms with E-state index in [2.05, 4.69) is 10.2 Å². The Labute approximate surface area is 118 Å². The second-order valence-electron chi connectivity index (χ2n) is 5.03. The van der Waals surface area contributed by atoms with E-state index in [1.165, 1.54) is 0 Å². The molecular formula is C14H22N2O4. The average molecular weight is 282 g/mol. The lowest BCUT2D eigenvalue weighted by atomic mass is 10.1. The predicted molar refractivity (Wildman–Crippen MR) is 73.0 cm³/mol. The Morgan fingerprint density at radius 1 is 1.55 bits per heavy atom. The number of furan rings is 1. The minimum atomic E-state index is 0.00659. The highest BCUT2D eigenvalue weighted by Gasteiger charge is 2.18. The van der Waals surface area contributed by atoms with Gasteiger partial charge in [0.2, 0.25) is 5.91 Å². The van der Waals surface area contributed by atoms with Crippen molar-refractivity contribution in [2.45, 2.75) is 13.0 Å². The van der Waals surface area contributed by atoms with Crippen LogP contribution in [0.1, 0.15) is 12.2 Å². The third-order valence-electron chi connectivity index (χ3n) is 3.37. The van der Waals surface area contributed by atoms with Gasteiger partial charge >= 0.3 is 0 Å². The van der Waals surface area contributed by atoms with Crippen LogP contribution in [-0.4, -0.2) is 55.4 Å². The third kappa shape index (κ3) is 4.96. The first-order chi connectivity index (χ1) is 9.78. The number of rotatable bonds is 6. The number of nitrogens with one attached hydrogen (secondary N) is 1. The number of carbonyl (C=O) groups is 1. The van der Waals surface area contributed by atoms with Crippen molar-refractivity contribution < 1.29 is 19.1 Å². The molecule has 1 atom stereocenters. The Morgan fingerprint density at radius 2 is 2.45 bits per heavy atom. The molecule has 6 nitrogen and oxygen atoms in total. The van der Waals surface area contributed by atoms with Gasteiger partial charge in [-0.3, -0.25) is 4.79 Å². The van der Waals surface area contributed by atoms with E-state index in [1.807, 2.05) is 6.07 Å². The lowest BCUT2D eigenvalue weighted by Crippen LogP contribution is -2.35. The second kappa shape index (κ2) is 8.04. The monoisotopic (exact) mass is 282 g/mol. The normalized spacial score (nSPS) is 20.6.